The summed E-state index contributed by atoms with van der Waals surface area (Å²) in [6.45, 7) is -0.0536. The molecular formula is C9H9ClN4O3. The summed E-state index contributed by atoms with van der Waals surface area (Å²) in [5.41, 5.74) is -1.41. The normalized spacial score (nSPS) is 9.65. The Balaban J connectivity index is 2.73. The highest BCUT2D eigenvalue weighted by atomic mass is 35.5. The second kappa shape index (κ2) is 5.86. The molecule has 0 saturated carbocycles. The predicted octanol–water partition coefficient (Wildman–Crippen LogP) is -0.780. The van der Waals surface area contributed by atoms with Crippen LogP contribution in [0.3, 0.4) is 0 Å². The van der Waals surface area contributed by atoms with Gasteiger partial charge in [-0.1, -0.05) is 11.6 Å². The summed E-state index contributed by atoms with van der Waals surface area (Å²) in [6, 6.07) is 1.86. The van der Waals surface area contributed by atoms with Crippen LogP contribution in [0.15, 0.2) is 15.8 Å². The van der Waals surface area contributed by atoms with Crippen molar-refractivity contribution in [2.75, 3.05) is 6.54 Å². The summed E-state index contributed by atoms with van der Waals surface area (Å²) >= 11 is 5.52. The number of hydrogen-bond acceptors (Lipinski definition) is 4. The number of nitriles is 1. The van der Waals surface area contributed by atoms with Gasteiger partial charge in [-0.05, 0) is 0 Å². The van der Waals surface area contributed by atoms with Crippen molar-refractivity contribution >= 4 is 17.5 Å². The summed E-state index contributed by atoms with van der Waals surface area (Å²) in [5, 5.41) is 10.5. The van der Waals surface area contributed by atoms with Crippen molar-refractivity contribution in [2.24, 2.45) is 0 Å². The Morgan fingerprint density at radius 3 is 2.94 bits per heavy atom. The Morgan fingerprint density at radius 2 is 2.29 bits per heavy atom. The molecule has 1 aromatic heterocycles. The number of H-pyrrole nitrogens is 1. The lowest BCUT2D eigenvalue weighted by molar-refractivity contribution is -0.121. The third-order valence-corrected chi connectivity index (χ3v) is 2.11. The molecule has 0 fully saturated rings. The monoisotopic (exact) mass is 256 g/mol. The molecule has 0 aromatic carbocycles. The van der Waals surface area contributed by atoms with E-state index in [1.54, 1.807) is 0 Å². The van der Waals surface area contributed by atoms with Gasteiger partial charge in [0.25, 0.3) is 5.56 Å². The number of amides is 1. The van der Waals surface area contributed by atoms with Gasteiger partial charge in [-0.3, -0.25) is 19.1 Å². The number of aromatic nitrogens is 2. The molecule has 0 radical (unpaired) electrons. The molecular weight excluding hydrogens is 248 g/mol. The van der Waals surface area contributed by atoms with E-state index in [2.05, 4.69) is 5.32 Å². The van der Waals surface area contributed by atoms with Crippen LogP contribution in [0.2, 0.25) is 5.02 Å². The van der Waals surface area contributed by atoms with Crippen molar-refractivity contribution in [1.82, 2.24) is 14.9 Å². The van der Waals surface area contributed by atoms with Gasteiger partial charge in [0.1, 0.15) is 11.6 Å². The predicted molar refractivity (Wildman–Crippen MR) is 59.6 cm³/mol. The van der Waals surface area contributed by atoms with Crippen molar-refractivity contribution in [3.8, 4) is 6.07 Å². The second-order valence-corrected chi connectivity index (χ2v) is 3.53. The Labute approximate surface area is 101 Å². The zero-order chi connectivity index (χ0) is 12.8. The van der Waals surface area contributed by atoms with E-state index >= 15 is 0 Å². The van der Waals surface area contributed by atoms with Crippen LogP contribution in [0.1, 0.15) is 6.42 Å². The fourth-order valence-electron chi connectivity index (χ4n) is 1.07. The van der Waals surface area contributed by atoms with Gasteiger partial charge in [0.05, 0.1) is 12.5 Å². The first-order chi connectivity index (χ1) is 8.04. The number of aromatic amines is 1. The van der Waals surface area contributed by atoms with Gasteiger partial charge in [-0.25, -0.2) is 4.79 Å². The molecule has 0 atom stereocenters. The van der Waals surface area contributed by atoms with Crippen LogP contribution in [0.4, 0.5) is 0 Å². The van der Waals surface area contributed by atoms with Crippen LogP contribution in [0.25, 0.3) is 0 Å². The zero-order valence-electron chi connectivity index (χ0n) is 8.70. The van der Waals surface area contributed by atoms with Gasteiger partial charge in [-0.2, -0.15) is 5.26 Å². The Kier molecular flexibility index (Phi) is 4.48. The van der Waals surface area contributed by atoms with Crippen LogP contribution < -0.4 is 16.6 Å². The Bertz CT molecular complexity index is 569. The number of carbonyl (C=O) groups excluding carboxylic acids is 1. The molecule has 0 saturated heterocycles. The van der Waals surface area contributed by atoms with Gasteiger partial charge < -0.3 is 5.32 Å². The Hall–Kier alpha value is -2.07. The number of halogens is 1. The highest BCUT2D eigenvalue weighted by molar-refractivity contribution is 6.30. The van der Waals surface area contributed by atoms with Gasteiger partial charge in [0.15, 0.2) is 0 Å². The summed E-state index contributed by atoms with van der Waals surface area (Å²) < 4.78 is 0.978. The SMILES string of the molecule is N#CCCNC(=O)Cn1cc(Cl)c(=O)[nH]c1=O. The van der Waals surface area contributed by atoms with Gasteiger partial charge in [-0.15, -0.1) is 0 Å². The van der Waals surface area contributed by atoms with Gasteiger partial charge in [0, 0.05) is 12.7 Å². The molecule has 0 unspecified atom stereocenters. The first kappa shape index (κ1) is 13.0. The van der Waals surface area contributed by atoms with Gasteiger partial charge >= 0.3 is 5.69 Å². The molecule has 1 aromatic rings. The van der Waals surface area contributed by atoms with Crippen LogP contribution in [0, 0.1) is 11.3 Å². The van der Waals surface area contributed by atoms with Crippen molar-refractivity contribution in [3.63, 3.8) is 0 Å². The molecule has 1 rings (SSSR count). The summed E-state index contributed by atoms with van der Waals surface area (Å²) in [6.07, 6.45) is 1.28. The number of nitrogens with one attached hydrogen (secondary N) is 2. The van der Waals surface area contributed by atoms with Gasteiger partial charge in [0.2, 0.25) is 5.91 Å². The van der Waals surface area contributed by atoms with Crippen LogP contribution in [0.5, 0.6) is 0 Å². The van der Waals surface area contributed by atoms with Crippen molar-refractivity contribution < 1.29 is 4.79 Å². The van der Waals surface area contributed by atoms with Crippen molar-refractivity contribution in [2.45, 2.75) is 13.0 Å². The largest absolute Gasteiger partial charge is 0.354 e. The summed E-state index contributed by atoms with van der Waals surface area (Å²) in [5.74, 6) is -0.439. The van der Waals surface area contributed by atoms with E-state index in [0.29, 0.717) is 0 Å². The van der Waals surface area contributed by atoms with E-state index in [0.717, 1.165) is 10.8 Å². The molecule has 0 aliphatic carbocycles. The smallest absolute Gasteiger partial charge is 0.328 e. The molecule has 8 heteroatoms. The number of rotatable bonds is 4. The van der Waals surface area contributed by atoms with Crippen molar-refractivity contribution in [1.29, 1.82) is 5.26 Å². The first-order valence-electron chi connectivity index (χ1n) is 4.67. The maximum absolute atomic E-state index is 11.3. The maximum atomic E-state index is 11.3. The summed E-state index contributed by atoms with van der Waals surface area (Å²) in [4.78, 5) is 35.5. The quantitative estimate of drug-likeness (QED) is 0.689. The highest BCUT2D eigenvalue weighted by Crippen LogP contribution is 1.95. The summed E-state index contributed by atoms with van der Waals surface area (Å²) in [7, 11) is 0. The van der Waals surface area contributed by atoms with E-state index in [-0.39, 0.29) is 24.5 Å². The maximum Gasteiger partial charge on any atom is 0.328 e. The highest BCUT2D eigenvalue weighted by Gasteiger charge is 2.06. The van der Waals surface area contributed by atoms with E-state index < -0.39 is 17.2 Å². The van der Waals surface area contributed by atoms with Crippen LogP contribution in [-0.4, -0.2) is 22.0 Å². The molecule has 7 nitrogen and oxygen atoms in total. The lowest BCUT2D eigenvalue weighted by atomic mass is 10.4. The first-order valence-corrected chi connectivity index (χ1v) is 5.05. The van der Waals surface area contributed by atoms with E-state index in [1.165, 1.54) is 0 Å². The van der Waals surface area contributed by atoms with Crippen LogP contribution in [-0.2, 0) is 11.3 Å². The van der Waals surface area contributed by atoms with Crippen LogP contribution >= 0.6 is 11.6 Å². The average molecular weight is 257 g/mol. The molecule has 1 amide bonds. The minimum atomic E-state index is -0.713. The Morgan fingerprint density at radius 1 is 1.59 bits per heavy atom. The molecule has 2 N–H and O–H groups in total. The zero-order valence-corrected chi connectivity index (χ0v) is 9.45. The molecule has 1 heterocycles. The van der Waals surface area contributed by atoms with E-state index in [1.807, 2.05) is 11.1 Å². The topological polar surface area (TPSA) is 108 Å². The molecule has 0 bridgehead atoms. The third-order valence-electron chi connectivity index (χ3n) is 1.84. The molecule has 0 aliphatic heterocycles. The van der Waals surface area contributed by atoms with E-state index in [9.17, 15) is 14.4 Å². The number of carbonyl (C=O) groups is 1. The standard InChI is InChI=1S/C9H9ClN4O3/c10-6-4-14(9(17)13-8(6)16)5-7(15)12-3-1-2-11/h4H,1,3,5H2,(H,12,15)(H,13,16,17). The minimum Gasteiger partial charge on any atom is -0.354 e. The fourth-order valence-corrected chi connectivity index (χ4v) is 1.23. The fraction of sp³-hybridized carbons (Fsp3) is 0.333. The minimum absolute atomic E-state index is 0.172. The molecule has 90 valence electrons. The van der Waals surface area contributed by atoms with Crippen molar-refractivity contribution in [3.05, 3.63) is 32.1 Å². The second-order valence-electron chi connectivity index (χ2n) is 3.12. The number of hydrogen-bond donors (Lipinski definition) is 2. The molecule has 0 aliphatic rings. The average Bonchev–Trinajstić information content (AvgIpc) is 2.26. The molecule has 0 spiro atoms. The molecule has 17 heavy (non-hydrogen) atoms. The lowest BCUT2D eigenvalue weighted by Crippen LogP contribution is -2.36. The third kappa shape index (κ3) is 3.77. The number of nitrogens with zero attached hydrogens (tertiary/aromatic N) is 2. The van der Waals surface area contributed by atoms with E-state index in [4.69, 9.17) is 16.9 Å². The lowest BCUT2D eigenvalue weighted by Gasteiger charge is -2.05.